The summed E-state index contributed by atoms with van der Waals surface area (Å²) in [5.41, 5.74) is 1.90. The lowest BCUT2D eigenvalue weighted by molar-refractivity contribution is -0.139. The van der Waals surface area contributed by atoms with Crippen molar-refractivity contribution < 1.29 is 27.1 Å². The highest BCUT2D eigenvalue weighted by atomic mass is 32.2. The molecular formula is C30H36FN3O5S. The number of ether oxygens (including phenoxy) is 1. The summed E-state index contributed by atoms with van der Waals surface area (Å²) in [5.74, 6) is -0.993. The van der Waals surface area contributed by atoms with Gasteiger partial charge in [0, 0.05) is 13.1 Å². The molecule has 1 atom stereocenters. The van der Waals surface area contributed by atoms with Crippen molar-refractivity contribution in [3.63, 3.8) is 0 Å². The van der Waals surface area contributed by atoms with Crippen LogP contribution in [-0.4, -0.2) is 51.4 Å². The molecule has 0 aromatic heterocycles. The maximum atomic E-state index is 13.9. The number of halogens is 1. The Morgan fingerprint density at radius 2 is 1.70 bits per heavy atom. The summed E-state index contributed by atoms with van der Waals surface area (Å²) in [5, 5.41) is 2.86. The molecule has 3 aromatic rings. The molecule has 0 bridgehead atoms. The first-order valence-corrected chi connectivity index (χ1v) is 14.6. The van der Waals surface area contributed by atoms with Crippen LogP contribution in [0.1, 0.15) is 37.8 Å². The zero-order chi connectivity index (χ0) is 29.3. The average Bonchev–Trinajstić information content (AvgIpc) is 2.94. The van der Waals surface area contributed by atoms with Crippen LogP contribution in [0, 0.1) is 12.7 Å². The highest BCUT2D eigenvalue weighted by molar-refractivity contribution is 7.92. The number of methoxy groups -OCH3 is 1. The van der Waals surface area contributed by atoms with Crippen molar-refractivity contribution in [2.45, 2.75) is 51.1 Å². The van der Waals surface area contributed by atoms with Crippen LogP contribution in [0.4, 0.5) is 10.1 Å². The van der Waals surface area contributed by atoms with Crippen molar-refractivity contribution in [3.8, 4) is 5.75 Å². The largest absolute Gasteiger partial charge is 0.497 e. The number of hydrogen-bond acceptors (Lipinski definition) is 5. The van der Waals surface area contributed by atoms with Crippen molar-refractivity contribution >= 4 is 27.5 Å². The molecule has 0 spiro atoms. The van der Waals surface area contributed by atoms with E-state index in [4.69, 9.17) is 4.74 Å². The Morgan fingerprint density at radius 3 is 2.30 bits per heavy atom. The topological polar surface area (TPSA) is 96.0 Å². The van der Waals surface area contributed by atoms with Gasteiger partial charge >= 0.3 is 0 Å². The van der Waals surface area contributed by atoms with Gasteiger partial charge in [0.2, 0.25) is 11.8 Å². The number of aryl methyl sites for hydroxylation is 1. The molecule has 214 valence electrons. The third kappa shape index (κ3) is 7.81. The Balaban J connectivity index is 2.00. The Morgan fingerprint density at radius 1 is 1.02 bits per heavy atom. The fourth-order valence-electron chi connectivity index (χ4n) is 4.14. The standard InChI is InChI=1S/C30H36FN3O5S/c1-5-6-18-32-30(36)23(3)33(20-24-9-7-8-22(2)19-24)29(35)21-34(26-12-10-25(31)11-13-26)40(37,38)28-16-14-27(39-4)15-17-28/h7-17,19,23H,5-6,18,20-21H2,1-4H3,(H,32,36). The Bertz CT molecular complexity index is 1400. The molecule has 0 aliphatic carbocycles. The van der Waals surface area contributed by atoms with Gasteiger partial charge in [-0.1, -0.05) is 43.2 Å². The highest BCUT2D eigenvalue weighted by Crippen LogP contribution is 2.26. The molecule has 0 fully saturated rings. The molecule has 0 saturated carbocycles. The number of sulfonamides is 1. The lowest BCUT2D eigenvalue weighted by Crippen LogP contribution is -2.51. The second-order valence-electron chi connectivity index (χ2n) is 9.49. The van der Waals surface area contributed by atoms with Crippen LogP contribution >= 0.6 is 0 Å². The van der Waals surface area contributed by atoms with Crippen LogP contribution in [0.3, 0.4) is 0 Å². The zero-order valence-corrected chi connectivity index (χ0v) is 24.1. The number of nitrogens with zero attached hydrogens (tertiary/aromatic N) is 2. The van der Waals surface area contributed by atoms with Gasteiger partial charge in [-0.25, -0.2) is 12.8 Å². The summed E-state index contributed by atoms with van der Waals surface area (Å²) < 4.78 is 47.4. The van der Waals surface area contributed by atoms with Crippen LogP contribution in [0.5, 0.6) is 5.75 Å². The minimum Gasteiger partial charge on any atom is -0.497 e. The van der Waals surface area contributed by atoms with E-state index >= 15 is 0 Å². The number of amides is 2. The number of hydrogen-bond donors (Lipinski definition) is 1. The van der Waals surface area contributed by atoms with Crippen LogP contribution in [0.25, 0.3) is 0 Å². The van der Waals surface area contributed by atoms with Gasteiger partial charge in [0.25, 0.3) is 10.0 Å². The quantitative estimate of drug-likeness (QED) is 0.302. The Labute approximate surface area is 235 Å². The zero-order valence-electron chi connectivity index (χ0n) is 23.3. The third-order valence-electron chi connectivity index (χ3n) is 6.47. The summed E-state index contributed by atoms with van der Waals surface area (Å²) in [4.78, 5) is 28.2. The monoisotopic (exact) mass is 569 g/mol. The smallest absolute Gasteiger partial charge is 0.264 e. The Hall–Kier alpha value is -3.92. The number of unbranched alkanes of at least 4 members (excludes halogenated alkanes) is 1. The molecule has 1 unspecified atom stereocenters. The van der Waals surface area contributed by atoms with E-state index in [2.05, 4.69) is 5.32 Å². The molecule has 40 heavy (non-hydrogen) atoms. The molecule has 10 heteroatoms. The van der Waals surface area contributed by atoms with E-state index in [1.54, 1.807) is 6.92 Å². The normalized spacial score (nSPS) is 11.9. The van der Waals surface area contributed by atoms with Gasteiger partial charge in [-0.2, -0.15) is 0 Å². The summed E-state index contributed by atoms with van der Waals surface area (Å²) in [6, 6.07) is 17.3. The summed E-state index contributed by atoms with van der Waals surface area (Å²) >= 11 is 0. The van der Waals surface area contributed by atoms with E-state index < -0.39 is 34.3 Å². The van der Waals surface area contributed by atoms with Crippen LogP contribution in [0.15, 0.2) is 77.7 Å². The van der Waals surface area contributed by atoms with Crippen LogP contribution in [0.2, 0.25) is 0 Å². The molecule has 0 aliphatic rings. The first-order valence-electron chi connectivity index (χ1n) is 13.1. The number of carbonyl (C=O) groups is 2. The van der Waals surface area contributed by atoms with Gasteiger partial charge in [0.15, 0.2) is 0 Å². The average molecular weight is 570 g/mol. The van der Waals surface area contributed by atoms with Crippen LogP contribution < -0.4 is 14.4 Å². The summed E-state index contributed by atoms with van der Waals surface area (Å²) in [7, 11) is -2.79. The van der Waals surface area contributed by atoms with Gasteiger partial charge in [-0.15, -0.1) is 0 Å². The molecule has 0 aliphatic heterocycles. The van der Waals surface area contributed by atoms with E-state index in [1.165, 1.54) is 48.4 Å². The Kier molecular flexibility index (Phi) is 10.7. The number of anilines is 1. The van der Waals surface area contributed by atoms with E-state index in [1.807, 2.05) is 38.1 Å². The predicted octanol–water partition coefficient (Wildman–Crippen LogP) is 4.67. The summed E-state index contributed by atoms with van der Waals surface area (Å²) in [6.07, 6.45) is 1.69. The molecular weight excluding hydrogens is 533 g/mol. The molecule has 2 amide bonds. The van der Waals surface area contributed by atoms with Gasteiger partial charge in [0.05, 0.1) is 17.7 Å². The number of nitrogens with one attached hydrogen (secondary N) is 1. The number of benzene rings is 3. The SMILES string of the molecule is CCCCNC(=O)C(C)N(Cc1cccc(C)c1)C(=O)CN(c1ccc(F)cc1)S(=O)(=O)c1ccc(OC)cc1. The van der Waals surface area contributed by atoms with Crippen molar-refractivity contribution in [1.29, 1.82) is 0 Å². The van der Waals surface area contributed by atoms with E-state index in [0.29, 0.717) is 12.3 Å². The highest BCUT2D eigenvalue weighted by Gasteiger charge is 2.32. The fourth-order valence-corrected chi connectivity index (χ4v) is 5.55. The van der Waals surface area contributed by atoms with Gasteiger partial charge in [0.1, 0.15) is 24.2 Å². The van der Waals surface area contributed by atoms with Gasteiger partial charge in [-0.05, 0) is 74.4 Å². The fraction of sp³-hybridized carbons (Fsp3) is 0.333. The lowest BCUT2D eigenvalue weighted by Gasteiger charge is -2.32. The van der Waals surface area contributed by atoms with Gasteiger partial charge in [-0.3, -0.25) is 13.9 Å². The molecule has 0 saturated heterocycles. The van der Waals surface area contributed by atoms with E-state index in [9.17, 15) is 22.4 Å². The minimum absolute atomic E-state index is 0.0685. The molecule has 3 aromatic carbocycles. The number of carbonyl (C=O) groups excluding carboxylic acids is 2. The second kappa shape index (κ2) is 13.9. The lowest BCUT2D eigenvalue weighted by atomic mass is 10.1. The van der Waals surface area contributed by atoms with Crippen molar-refractivity contribution in [2.75, 3.05) is 24.5 Å². The first kappa shape index (κ1) is 30.6. The van der Waals surface area contributed by atoms with E-state index in [0.717, 1.165) is 40.4 Å². The maximum Gasteiger partial charge on any atom is 0.264 e. The molecule has 1 N–H and O–H groups in total. The molecule has 0 radical (unpaired) electrons. The molecule has 0 heterocycles. The third-order valence-corrected chi connectivity index (χ3v) is 8.26. The second-order valence-corrected chi connectivity index (χ2v) is 11.4. The molecule has 3 rings (SSSR count). The van der Waals surface area contributed by atoms with Crippen molar-refractivity contribution in [3.05, 3.63) is 89.7 Å². The van der Waals surface area contributed by atoms with Gasteiger partial charge < -0.3 is 15.0 Å². The predicted molar refractivity (Wildman–Crippen MR) is 153 cm³/mol. The van der Waals surface area contributed by atoms with Crippen molar-refractivity contribution in [2.24, 2.45) is 0 Å². The summed E-state index contributed by atoms with van der Waals surface area (Å²) in [6.45, 7) is 5.53. The number of rotatable bonds is 13. The van der Waals surface area contributed by atoms with Crippen molar-refractivity contribution in [1.82, 2.24) is 10.2 Å². The molecule has 8 nitrogen and oxygen atoms in total. The van der Waals surface area contributed by atoms with E-state index in [-0.39, 0.29) is 23.0 Å². The minimum atomic E-state index is -4.26. The maximum absolute atomic E-state index is 13.9. The van der Waals surface area contributed by atoms with Crippen LogP contribution in [-0.2, 0) is 26.2 Å². The first-order chi connectivity index (χ1) is 19.1.